The van der Waals surface area contributed by atoms with Gasteiger partial charge in [-0.1, -0.05) is 6.42 Å². The van der Waals surface area contributed by atoms with Gasteiger partial charge >= 0.3 is 45.4 Å². The summed E-state index contributed by atoms with van der Waals surface area (Å²) in [6, 6.07) is 0. The number of alkyl halides is 7. The van der Waals surface area contributed by atoms with E-state index in [-0.39, 0.29) is 12.8 Å². The highest BCUT2D eigenvalue weighted by Gasteiger charge is 2.69. The Hall–Kier alpha value is -1.88. The highest BCUT2D eigenvalue weighted by molar-refractivity contribution is 7.87. The van der Waals surface area contributed by atoms with Crippen LogP contribution in [0.3, 0.4) is 0 Å². The summed E-state index contributed by atoms with van der Waals surface area (Å²) < 4.78 is 141. The van der Waals surface area contributed by atoms with E-state index in [9.17, 15) is 48.7 Å². The van der Waals surface area contributed by atoms with E-state index in [0.717, 1.165) is 13.3 Å². The molecule has 17 heteroatoms. The molecule has 0 spiro atoms. The number of carbonyl (C=O) groups excluding carboxylic acids is 2. The maximum atomic E-state index is 13.7. The zero-order valence-corrected chi connectivity index (χ0v) is 17.8. The normalized spacial score (nSPS) is 18.3. The van der Waals surface area contributed by atoms with Gasteiger partial charge in [-0.25, -0.2) is 9.59 Å². The third-order valence-corrected chi connectivity index (χ3v) is 5.38. The number of ether oxygens (including phenoxy) is 4. The zero-order valence-electron chi connectivity index (χ0n) is 17.0. The smallest absolute Gasteiger partial charge is 0.461 e. The Balaban J connectivity index is 3.13. The van der Waals surface area contributed by atoms with Crippen molar-refractivity contribution in [1.82, 2.24) is 0 Å². The molecule has 1 saturated carbocycles. The van der Waals surface area contributed by atoms with E-state index in [2.05, 4.69) is 18.9 Å². The van der Waals surface area contributed by atoms with Gasteiger partial charge in [0.1, 0.15) is 6.10 Å². The van der Waals surface area contributed by atoms with Crippen molar-refractivity contribution in [1.29, 1.82) is 0 Å². The number of hydrogen-bond acceptors (Lipinski definition) is 8. The Kier molecular flexibility index (Phi) is 9.35. The van der Waals surface area contributed by atoms with Crippen LogP contribution in [-0.4, -0.2) is 67.6 Å². The molecular weight excluding hydrogens is 501 g/mol. The lowest BCUT2D eigenvalue weighted by Crippen LogP contribution is -2.59. The summed E-state index contributed by atoms with van der Waals surface area (Å²) >= 11 is 0. The minimum Gasteiger partial charge on any atom is -0.461 e. The van der Waals surface area contributed by atoms with Gasteiger partial charge in [0.2, 0.25) is 0 Å². The van der Waals surface area contributed by atoms with Crippen LogP contribution < -0.4 is 0 Å². The molecule has 1 fully saturated rings. The fourth-order valence-corrected chi connectivity index (χ4v) is 3.21. The molecule has 0 aromatic rings. The van der Waals surface area contributed by atoms with Crippen LogP contribution in [0.1, 0.15) is 45.4 Å². The molecule has 0 aromatic carbocycles. The Morgan fingerprint density at radius 2 is 1.55 bits per heavy atom. The molecule has 1 N–H and O–H groups in total. The number of halogens is 7. The average Bonchev–Trinajstić information content (AvgIpc) is 2.66. The van der Waals surface area contributed by atoms with E-state index in [1.54, 1.807) is 0 Å². The summed E-state index contributed by atoms with van der Waals surface area (Å²) in [5.41, 5.74) is 0. The monoisotopic (exact) mass is 522 g/mol. The molecule has 0 aromatic heterocycles. The number of carbonyl (C=O) groups is 2. The summed E-state index contributed by atoms with van der Waals surface area (Å²) in [5, 5.41) is -6.10. The van der Waals surface area contributed by atoms with E-state index < -0.39 is 71.1 Å². The molecule has 33 heavy (non-hydrogen) atoms. The maximum Gasteiger partial charge on any atom is 0.511 e. The second kappa shape index (κ2) is 10.6. The van der Waals surface area contributed by atoms with Gasteiger partial charge in [-0.15, -0.1) is 0 Å². The van der Waals surface area contributed by atoms with Crippen molar-refractivity contribution in [2.24, 2.45) is 0 Å². The fourth-order valence-electron chi connectivity index (χ4n) is 2.73. The molecule has 1 unspecified atom stereocenters. The molecule has 0 amide bonds. The number of hydrogen-bond donors (Lipinski definition) is 1. The van der Waals surface area contributed by atoms with Crippen LogP contribution in [0.5, 0.6) is 0 Å². The second-order valence-corrected chi connectivity index (χ2v) is 8.32. The molecule has 0 radical (unpaired) electrons. The minimum atomic E-state index is -6.67. The van der Waals surface area contributed by atoms with E-state index in [1.165, 1.54) is 0 Å². The largest absolute Gasteiger partial charge is 0.511 e. The Bertz CT molecular complexity index is 795. The fraction of sp³-hybridized carbons (Fsp3) is 0.875. The summed E-state index contributed by atoms with van der Waals surface area (Å²) in [6.07, 6.45) is -8.88. The molecule has 1 atom stereocenters. The average molecular weight is 522 g/mol. The molecule has 0 aliphatic heterocycles. The van der Waals surface area contributed by atoms with Crippen molar-refractivity contribution in [2.75, 3.05) is 13.2 Å². The van der Waals surface area contributed by atoms with Crippen LogP contribution in [0.25, 0.3) is 0 Å². The molecule has 0 heterocycles. The first-order valence-electron chi connectivity index (χ1n) is 9.41. The van der Waals surface area contributed by atoms with Gasteiger partial charge in [-0.3, -0.25) is 4.55 Å². The van der Waals surface area contributed by atoms with E-state index in [1.807, 2.05) is 0 Å². The van der Waals surface area contributed by atoms with Gasteiger partial charge in [0, 0.05) is 6.42 Å². The van der Waals surface area contributed by atoms with E-state index in [4.69, 9.17) is 4.55 Å². The predicted octanol–water partition coefficient (Wildman–Crippen LogP) is 3.82. The lowest BCUT2D eigenvalue weighted by atomic mass is 9.98. The van der Waals surface area contributed by atoms with Crippen LogP contribution in [0.4, 0.5) is 35.5 Å². The maximum absolute atomic E-state index is 13.7. The molecule has 1 aliphatic carbocycles. The van der Waals surface area contributed by atoms with Crippen LogP contribution in [0, 0.1) is 0 Å². The lowest BCUT2D eigenvalue weighted by molar-refractivity contribution is -0.356. The van der Waals surface area contributed by atoms with Crippen LogP contribution in [-0.2, 0) is 33.9 Å². The van der Waals surface area contributed by atoms with Gasteiger partial charge in [-0.05, 0) is 32.6 Å². The third-order valence-electron chi connectivity index (χ3n) is 4.43. The first kappa shape index (κ1) is 29.2. The minimum absolute atomic E-state index is 0.269. The number of rotatable bonds is 10. The SMILES string of the molecule is CCOC(=O)C(OCCC(F)(F)C(F)(F)S(=O)(=O)O)(OC(=O)OC1CCCCC1)C(F)(F)F. The Morgan fingerprint density at radius 3 is 2.00 bits per heavy atom. The van der Waals surface area contributed by atoms with E-state index in [0.29, 0.717) is 12.8 Å². The predicted molar refractivity (Wildman–Crippen MR) is 91.9 cm³/mol. The number of esters is 1. The summed E-state index contributed by atoms with van der Waals surface area (Å²) in [7, 11) is -6.67. The first-order chi connectivity index (χ1) is 14.9. The summed E-state index contributed by atoms with van der Waals surface area (Å²) in [5.74, 6) is -12.8. The van der Waals surface area contributed by atoms with Crippen LogP contribution in [0.15, 0.2) is 0 Å². The van der Waals surface area contributed by atoms with Crippen LogP contribution >= 0.6 is 0 Å². The van der Waals surface area contributed by atoms with E-state index >= 15 is 0 Å². The molecule has 9 nitrogen and oxygen atoms in total. The summed E-state index contributed by atoms with van der Waals surface area (Å²) in [6.45, 7) is -1.77. The highest BCUT2D eigenvalue weighted by Crippen LogP contribution is 2.42. The Labute approximate surface area is 183 Å². The first-order valence-corrected chi connectivity index (χ1v) is 10.9. The lowest BCUT2D eigenvalue weighted by Gasteiger charge is -2.33. The van der Waals surface area contributed by atoms with Crippen molar-refractivity contribution in [2.45, 2.75) is 74.7 Å². The van der Waals surface area contributed by atoms with Crippen LogP contribution in [0.2, 0.25) is 0 Å². The highest BCUT2D eigenvalue weighted by atomic mass is 32.2. The van der Waals surface area contributed by atoms with Gasteiger partial charge < -0.3 is 18.9 Å². The summed E-state index contributed by atoms with van der Waals surface area (Å²) in [4.78, 5) is 23.9. The van der Waals surface area contributed by atoms with Gasteiger partial charge in [0.05, 0.1) is 13.2 Å². The standard InChI is InChI=1S/C16H21F7O9S/c1-2-29-11(24)14(15(19,20)21,32-12(25)31-10-6-4-3-5-7-10)30-9-8-13(17,18)16(22,23)33(26,27)28/h10H,2-9H2,1H3,(H,26,27,28). The second-order valence-electron chi connectivity index (χ2n) is 6.86. The van der Waals surface area contributed by atoms with Crippen molar-refractivity contribution in [3.63, 3.8) is 0 Å². The van der Waals surface area contributed by atoms with Gasteiger partial charge in [0.25, 0.3) is 0 Å². The molecule has 194 valence electrons. The van der Waals surface area contributed by atoms with Gasteiger partial charge in [0.15, 0.2) is 0 Å². The molecule has 0 saturated heterocycles. The molecule has 1 aliphatic rings. The zero-order chi connectivity index (χ0) is 25.7. The third kappa shape index (κ3) is 6.81. The van der Waals surface area contributed by atoms with Crippen molar-refractivity contribution >= 4 is 22.2 Å². The van der Waals surface area contributed by atoms with Crippen molar-refractivity contribution < 1.29 is 72.2 Å². The molecule has 1 rings (SSSR count). The Morgan fingerprint density at radius 1 is 1.00 bits per heavy atom. The molecule has 0 bridgehead atoms. The van der Waals surface area contributed by atoms with Crippen molar-refractivity contribution in [3.8, 4) is 0 Å². The topological polar surface area (TPSA) is 125 Å². The van der Waals surface area contributed by atoms with Crippen molar-refractivity contribution in [3.05, 3.63) is 0 Å². The quantitative estimate of drug-likeness (QED) is 0.197. The molecular formula is C16H21F7O9S. The van der Waals surface area contributed by atoms with Gasteiger partial charge in [-0.2, -0.15) is 39.2 Å².